The molecule has 0 radical (unpaired) electrons. The molecule has 156 valence electrons. The molecule has 1 unspecified atom stereocenters. The number of aromatic hydroxyl groups is 1. The van der Waals surface area contributed by atoms with Gasteiger partial charge in [0.15, 0.2) is 5.78 Å². The molecular formula is C22H20NaO7P. The van der Waals surface area contributed by atoms with Crippen LogP contribution in [0.3, 0.4) is 0 Å². The molecule has 1 N–H and O–H groups in total. The maximum Gasteiger partial charge on any atom is 1.00 e. The predicted molar refractivity (Wildman–Crippen MR) is 109 cm³/mol. The minimum absolute atomic E-state index is 0. The van der Waals surface area contributed by atoms with Crippen LogP contribution in [0, 0.1) is 6.92 Å². The van der Waals surface area contributed by atoms with E-state index in [1.807, 2.05) is 0 Å². The van der Waals surface area contributed by atoms with Crippen LogP contribution in [0.25, 0.3) is 0 Å². The van der Waals surface area contributed by atoms with E-state index in [1.54, 1.807) is 49.6 Å². The van der Waals surface area contributed by atoms with E-state index in [-0.39, 0.29) is 70.1 Å². The molecule has 0 heterocycles. The van der Waals surface area contributed by atoms with Crippen molar-refractivity contribution in [3.8, 4) is 23.0 Å². The first-order valence-electron chi connectivity index (χ1n) is 9.03. The van der Waals surface area contributed by atoms with Crippen molar-refractivity contribution in [3.05, 3.63) is 83.4 Å². The summed E-state index contributed by atoms with van der Waals surface area (Å²) in [6.07, 6.45) is 0.0639. The Morgan fingerprint density at radius 1 is 0.968 bits per heavy atom. The van der Waals surface area contributed by atoms with Crippen molar-refractivity contribution >= 4 is 13.6 Å². The molecule has 0 spiro atoms. The normalized spacial score (nSPS) is 12.2. The molecule has 3 aromatic carbocycles. The maximum absolute atomic E-state index is 12.6. The molecule has 31 heavy (non-hydrogen) atoms. The summed E-state index contributed by atoms with van der Waals surface area (Å²) >= 11 is 0. The van der Waals surface area contributed by atoms with Gasteiger partial charge < -0.3 is 23.8 Å². The molecule has 0 amide bonds. The Balaban J connectivity index is 0.00000341. The van der Waals surface area contributed by atoms with Crippen LogP contribution >= 0.6 is 7.82 Å². The van der Waals surface area contributed by atoms with Crippen LogP contribution in [-0.4, -0.2) is 18.0 Å². The Hall–Kier alpha value is -2.28. The minimum atomic E-state index is -4.74. The first kappa shape index (κ1) is 25.0. The van der Waals surface area contributed by atoms with Crippen molar-refractivity contribution in [1.82, 2.24) is 0 Å². The number of methoxy groups -OCH3 is 1. The van der Waals surface area contributed by atoms with E-state index in [2.05, 4.69) is 0 Å². The second kappa shape index (κ2) is 10.8. The number of ether oxygens (including phenoxy) is 1. The summed E-state index contributed by atoms with van der Waals surface area (Å²) in [6.45, 7) is 1.46. The molecule has 0 fully saturated rings. The van der Waals surface area contributed by atoms with Crippen molar-refractivity contribution in [1.29, 1.82) is 0 Å². The van der Waals surface area contributed by atoms with E-state index in [4.69, 9.17) is 13.8 Å². The van der Waals surface area contributed by atoms with E-state index in [0.717, 1.165) is 5.56 Å². The van der Waals surface area contributed by atoms with Gasteiger partial charge in [-0.15, -0.1) is 0 Å². The smallest absolute Gasteiger partial charge is 0.736 e. The number of carbonyl (C=O) groups is 1. The minimum Gasteiger partial charge on any atom is -0.736 e. The number of benzene rings is 3. The molecule has 3 rings (SSSR count). The summed E-state index contributed by atoms with van der Waals surface area (Å²) in [5.74, 6) is -0.0122. The van der Waals surface area contributed by atoms with Gasteiger partial charge in [0, 0.05) is 12.0 Å². The van der Waals surface area contributed by atoms with E-state index < -0.39 is 7.82 Å². The van der Waals surface area contributed by atoms with Gasteiger partial charge in [0.25, 0.3) is 0 Å². The molecule has 0 aliphatic carbocycles. The zero-order valence-corrected chi connectivity index (χ0v) is 20.3. The summed E-state index contributed by atoms with van der Waals surface area (Å²) in [4.78, 5) is 24.8. The van der Waals surface area contributed by atoms with Crippen molar-refractivity contribution in [2.24, 2.45) is 0 Å². The molecule has 3 aromatic rings. The van der Waals surface area contributed by atoms with Gasteiger partial charge in [-0.25, -0.2) is 4.57 Å². The van der Waals surface area contributed by atoms with Crippen LogP contribution < -0.4 is 48.2 Å². The Labute approximate surface area is 202 Å². The fraction of sp³-hybridized carbons (Fsp3) is 0.136. The van der Waals surface area contributed by atoms with Gasteiger partial charge in [-0.05, 0) is 48.9 Å². The van der Waals surface area contributed by atoms with Crippen LogP contribution in [-0.2, 0) is 11.0 Å². The van der Waals surface area contributed by atoms with Gasteiger partial charge in [0.2, 0.25) is 0 Å². The van der Waals surface area contributed by atoms with E-state index in [9.17, 15) is 19.4 Å². The number of phenols is 1. The third kappa shape index (κ3) is 6.60. The third-order valence-electron chi connectivity index (χ3n) is 4.38. The van der Waals surface area contributed by atoms with Gasteiger partial charge in [0.05, 0.1) is 12.7 Å². The molecular weight excluding hydrogens is 430 g/mol. The molecule has 0 bridgehead atoms. The number of ketones is 1. The maximum atomic E-state index is 12.6. The Kier molecular flexibility index (Phi) is 8.74. The Morgan fingerprint density at radius 2 is 1.61 bits per heavy atom. The number of rotatable bonds is 8. The second-order valence-corrected chi connectivity index (χ2v) is 7.74. The predicted octanol–water partition coefficient (Wildman–Crippen LogP) is 1.06. The average molecular weight is 450 g/mol. The fourth-order valence-electron chi connectivity index (χ4n) is 2.78. The molecule has 0 aliphatic heterocycles. The van der Waals surface area contributed by atoms with Gasteiger partial charge in [-0.1, -0.05) is 30.3 Å². The monoisotopic (exact) mass is 450 g/mol. The average Bonchev–Trinajstić information content (AvgIpc) is 2.72. The third-order valence-corrected chi connectivity index (χ3v) is 5.23. The zero-order valence-electron chi connectivity index (χ0n) is 17.4. The van der Waals surface area contributed by atoms with Crippen LogP contribution in [0.15, 0.2) is 66.7 Å². The second-order valence-electron chi connectivity index (χ2n) is 6.48. The molecule has 1 atom stereocenters. The van der Waals surface area contributed by atoms with Gasteiger partial charge in [-0.3, -0.25) is 4.79 Å². The number of carbonyl (C=O) groups excluding carboxylic acids is 1. The number of Topliss-reactive ketones (excluding diaryl/α,β-unsaturated/α-hetero) is 1. The number of hydrogen-bond acceptors (Lipinski definition) is 7. The van der Waals surface area contributed by atoms with E-state index >= 15 is 0 Å². The molecule has 7 nitrogen and oxygen atoms in total. The summed E-state index contributed by atoms with van der Waals surface area (Å²) in [7, 11) is -3.19. The van der Waals surface area contributed by atoms with Crippen molar-refractivity contribution in [2.75, 3.05) is 7.11 Å². The Bertz CT molecular complexity index is 1090. The van der Waals surface area contributed by atoms with Crippen molar-refractivity contribution in [3.63, 3.8) is 0 Å². The number of phosphoric ester groups is 1. The quantitative estimate of drug-likeness (QED) is 0.311. The Morgan fingerprint density at radius 3 is 2.23 bits per heavy atom. The van der Waals surface area contributed by atoms with Crippen LogP contribution in [0.1, 0.15) is 21.5 Å². The SMILES string of the molecule is COc1ccc(CC(=O)c2ccc(OP(=O)([O-])Oc3ccccc3)c(C)c2O)cc1.[Na+]. The summed E-state index contributed by atoms with van der Waals surface area (Å²) in [5.41, 5.74) is 0.933. The summed E-state index contributed by atoms with van der Waals surface area (Å²) in [5, 5.41) is 10.4. The largest absolute Gasteiger partial charge is 1.00 e. The number of phenolic OH excluding ortho intramolecular Hbond substituents is 1. The molecule has 0 aliphatic rings. The first-order valence-corrected chi connectivity index (χ1v) is 10.5. The first-order chi connectivity index (χ1) is 14.3. The number of phosphoric acid groups is 1. The van der Waals surface area contributed by atoms with Gasteiger partial charge in [-0.2, -0.15) is 0 Å². The molecule has 9 heteroatoms. The van der Waals surface area contributed by atoms with Crippen LogP contribution in [0.4, 0.5) is 0 Å². The summed E-state index contributed by atoms with van der Waals surface area (Å²) < 4.78 is 27.1. The van der Waals surface area contributed by atoms with Gasteiger partial charge >= 0.3 is 37.4 Å². The summed E-state index contributed by atoms with van der Waals surface area (Å²) in [6, 6.07) is 17.5. The fourth-order valence-corrected chi connectivity index (χ4v) is 3.63. The van der Waals surface area contributed by atoms with Crippen molar-refractivity contribution in [2.45, 2.75) is 13.3 Å². The number of para-hydroxylation sites is 1. The van der Waals surface area contributed by atoms with E-state index in [0.29, 0.717) is 5.75 Å². The number of hydrogen-bond donors (Lipinski definition) is 1. The zero-order chi connectivity index (χ0) is 21.7. The topological polar surface area (TPSA) is 105 Å². The van der Waals surface area contributed by atoms with Gasteiger partial charge in [0.1, 0.15) is 23.0 Å². The standard InChI is InChI=1S/C22H21O7P.Na/c1-15-21(29-30(25,26)28-18-6-4-3-5-7-18)13-12-19(22(15)24)20(23)14-16-8-10-17(27-2)11-9-16;/h3-13,24H,14H2,1-2H3,(H,25,26);/q;+1/p-1. The van der Waals surface area contributed by atoms with E-state index in [1.165, 1.54) is 31.2 Å². The molecule has 0 saturated heterocycles. The molecule has 0 aromatic heterocycles. The van der Waals surface area contributed by atoms with Crippen LogP contribution in [0.2, 0.25) is 0 Å². The van der Waals surface area contributed by atoms with Crippen LogP contribution in [0.5, 0.6) is 23.0 Å². The molecule has 0 saturated carbocycles. The van der Waals surface area contributed by atoms with Crippen molar-refractivity contribution < 1.29 is 62.7 Å².